The molecular formula is C31H29ClN8O5Ru. The summed E-state index contributed by atoms with van der Waals surface area (Å²) in [6.45, 7) is 1.64. The molecule has 0 fully saturated rings. The second-order valence-electron chi connectivity index (χ2n) is 8.22. The molecule has 2 heterocycles. The van der Waals surface area contributed by atoms with Crippen LogP contribution in [0.2, 0.25) is 0 Å². The van der Waals surface area contributed by atoms with E-state index in [0.29, 0.717) is 17.5 Å². The third-order valence-electron chi connectivity index (χ3n) is 4.72. The first-order valence-electron chi connectivity index (χ1n) is 12.9. The van der Waals surface area contributed by atoms with Crippen LogP contribution in [-0.4, -0.2) is 22.9 Å². The van der Waals surface area contributed by atoms with E-state index in [1.165, 1.54) is 0 Å². The molecule has 15 heteroatoms. The largest absolute Gasteiger partial charge is 2.00 e. The van der Waals surface area contributed by atoms with E-state index >= 15 is 0 Å². The van der Waals surface area contributed by atoms with Crippen LogP contribution >= 0.6 is 0 Å². The SMILES string of the molecule is COc1ccc(=NC(C)=N)[cH-]c1.[O-][Cl+3]([O-])([O-])[O-].[Ru+2].c1ccc(N=Nc2ccccn2)cc1.c1ccc(N=Nc2ccccn2)cc1. The van der Waals surface area contributed by atoms with Crippen LogP contribution in [0.5, 0.6) is 5.75 Å². The monoisotopic (exact) mass is 730 g/mol. The minimum Gasteiger partial charge on any atom is -0.554 e. The maximum atomic E-state index is 8.49. The summed E-state index contributed by atoms with van der Waals surface area (Å²) in [5.74, 6) is 2.35. The molecule has 0 spiro atoms. The zero-order valence-corrected chi connectivity index (χ0v) is 27.1. The standard InChI is InChI=1S/2C11H9N3.C9H11N2O.ClHO4.Ru/c2*1-2-6-10(7-3-1)13-14-11-8-4-5-9-12-11;1-7(10)11-8-3-5-9(12-2)6-4-8;2-1(3,4)5;/h2*1-9H;3-6,10H,1-2H3;(H,2,3,4,5);/q;;-1;;+2/p-1. The van der Waals surface area contributed by atoms with Gasteiger partial charge in [0.2, 0.25) is 0 Å². The Bertz CT molecular complexity index is 1460. The molecule has 0 bridgehead atoms. The second-order valence-corrected chi connectivity index (χ2v) is 8.98. The number of rotatable bonds is 5. The van der Waals surface area contributed by atoms with E-state index in [2.05, 4.69) is 35.4 Å². The van der Waals surface area contributed by atoms with Crippen LogP contribution in [0.3, 0.4) is 0 Å². The maximum absolute atomic E-state index is 8.49. The third-order valence-corrected chi connectivity index (χ3v) is 4.72. The van der Waals surface area contributed by atoms with Gasteiger partial charge < -0.3 is 4.74 Å². The van der Waals surface area contributed by atoms with Crippen molar-refractivity contribution in [2.45, 2.75) is 6.92 Å². The molecule has 5 rings (SSSR count). The molecule has 46 heavy (non-hydrogen) atoms. The minimum absolute atomic E-state index is 0. The molecule has 0 saturated heterocycles. The molecule has 0 aliphatic heterocycles. The number of amidine groups is 1. The summed E-state index contributed by atoms with van der Waals surface area (Å²) in [6, 6.07) is 37.5. The molecule has 0 atom stereocenters. The molecule has 0 saturated carbocycles. The number of halogens is 1. The Morgan fingerprint density at radius 1 is 0.674 bits per heavy atom. The number of methoxy groups -OCH3 is 1. The third kappa shape index (κ3) is 20.2. The Kier molecular flexibility index (Phi) is 19.3. The van der Waals surface area contributed by atoms with Crippen molar-refractivity contribution in [3.63, 3.8) is 0 Å². The zero-order chi connectivity index (χ0) is 32.8. The van der Waals surface area contributed by atoms with Crippen molar-refractivity contribution >= 4 is 28.8 Å². The predicted molar refractivity (Wildman–Crippen MR) is 157 cm³/mol. The number of nitrogens with zero attached hydrogens (tertiary/aromatic N) is 7. The number of hydrogen-bond acceptors (Lipinski definition) is 12. The number of ether oxygens (including phenoxy) is 1. The van der Waals surface area contributed by atoms with Gasteiger partial charge in [-0.25, -0.2) is 28.6 Å². The molecule has 13 nitrogen and oxygen atoms in total. The fourth-order valence-corrected chi connectivity index (χ4v) is 2.88. The predicted octanol–water partition coefficient (Wildman–Crippen LogP) is 3.55. The Balaban J connectivity index is 0.000000319. The Morgan fingerprint density at radius 3 is 1.43 bits per heavy atom. The van der Waals surface area contributed by atoms with Crippen LogP contribution in [0.25, 0.3) is 0 Å². The summed E-state index contributed by atoms with van der Waals surface area (Å²) in [5, 5.41) is 24.0. The summed E-state index contributed by atoms with van der Waals surface area (Å²) in [5.41, 5.74) is 1.66. The van der Waals surface area contributed by atoms with Gasteiger partial charge in [0, 0.05) is 18.1 Å². The van der Waals surface area contributed by atoms with E-state index in [1.807, 2.05) is 121 Å². The average molecular weight is 730 g/mol. The number of aromatic nitrogens is 2. The number of azo groups is 2. The fourth-order valence-electron chi connectivity index (χ4n) is 2.88. The van der Waals surface area contributed by atoms with Gasteiger partial charge in [-0.05, 0) is 60.8 Å². The van der Waals surface area contributed by atoms with E-state index in [1.54, 1.807) is 26.4 Å². The van der Waals surface area contributed by atoms with Crippen LogP contribution in [0, 0.1) is 15.7 Å². The Hall–Kier alpha value is -4.82. The van der Waals surface area contributed by atoms with Gasteiger partial charge in [0.15, 0.2) is 11.6 Å². The molecule has 3 aromatic carbocycles. The van der Waals surface area contributed by atoms with Crippen molar-refractivity contribution in [1.29, 1.82) is 5.41 Å². The van der Waals surface area contributed by atoms with Gasteiger partial charge in [-0.3, -0.25) is 10.4 Å². The number of nitrogens with one attached hydrogen (secondary N) is 1. The summed E-state index contributed by atoms with van der Waals surface area (Å²) in [6.07, 6.45) is 3.39. The van der Waals surface area contributed by atoms with Gasteiger partial charge in [0.25, 0.3) is 0 Å². The minimum atomic E-state index is -4.94. The maximum Gasteiger partial charge on any atom is 2.00 e. The smallest absolute Gasteiger partial charge is 0.554 e. The first-order chi connectivity index (χ1) is 21.6. The fraction of sp³-hybridized carbons (Fsp3) is 0.0645. The zero-order valence-electron chi connectivity index (χ0n) is 24.6. The molecule has 5 aromatic rings. The first kappa shape index (κ1) is 39.2. The summed E-state index contributed by atoms with van der Waals surface area (Å²) >= 11 is 0. The van der Waals surface area contributed by atoms with Gasteiger partial charge in [-0.2, -0.15) is 0 Å². The van der Waals surface area contributed by atoms with Gasteiger partial charge in [0.1, 0.15) is 5.84 Å². The van der Waals surface area contributed by atoms with E-state index in [-0.39, 0.29) is 19.5 Å². The van der Waals surface area contributed by atoms with Crippen LogP contribution in [0.4, 0.5) is 23.0 Å². The summed E-state index contributed by atoms with van der Waals surface area (Å²) < 4.78 is 39.0. The van der Waals surface area contributed by atoms with Gasteiger partial charge in [0.05, 0.1) is 18.5 Å². The quantitative estimate of drug-likeness (QED) is 0.0933. The van der Waals surface area contributed by atoms with Crippen molar-refractivity contribution in [3.05, 3.63) is 139 Å². The number of pyridine rings is 2. The van der Waals surface area contributed by atoms with Gasteiger partial charge >= 0.3 is 19.5 Å². The topological polar surface area (TPSA) is 213 Å². The molecule has 1 N–H and O–H groups in total. The van der Waals surface area contributed by atoms with Crippen LogP contribution in [0.1, 0.15) is 6.92 Å². The van der Waals surface area contributed by atoms with Crippen molar-refractivity contribution in [2.75, 3.05) is 7.11 Å². The Morgan fingerprint density at radius 2 is 1.11 bits per heavy atom. The second kappa shape index (κ2) is 22.7. The van der Waals surface area contributed by atoms with Gasteiger partial charge in [-0.15, -0.1) is 55.0 Å². The van der Waals surface area contributed by atoms with E-state index in [0.717, 1.165) is 22.5 Å². The normalized spacial score (nSPS) is 10.1. The molecule has 0 unspecified atom stereocenters. The van der Waals surface area contributed by atoms with Gasteiger partial charge in [-0.1, -0.05) is 48.5 Å². The van der Waals surface area contributed by atoms with Crippen LogP contribution < -0.4 is 28.7 Å². The summed E-state index contributed by atoms with van der Waals surface area (Å²) in [7, 11) is -3.33. The van der Waals surface area contributed by atoms with Crippen molar-refractivity contribution < 1.29 is 53.1 Å². The first-order valence-corrected chi connectivity index (χ1v) is 14.1. The van der Waals surface area contributed by atoms with Crippen LogP contribution in [-0.2, 0) is 19.5 Å². The molecule has 2 aromatic heterocycles. The molecule has 0 aliphatic rings. The molecular weight excluding hydrogens is 701 g/mol. The van der Waals surface area contributed by atoms with E-state index in [4.69, 9.17) is 28.8 Å². The van der Waals surface area contributed by atoms with E-state index in [9.17, 15) is 0 Å². The Labute approximate surface area is 280 Å². The van der Waals surface area contributed by atoms with Crippen molar-refractivity contribution in [1.82, 2.24) is 9.97 Å². The average Bonchev–Trinajstić information content (AvgIpc) is 3.05. The van der Waals surface area contributed by atoms with Crippen molar-refractivity contribution in [2.24, 2.45) is 25.4 Å². The van der Waals surface area contributed by atoms with Crippen LogP contribution in [0.15, 0.2) is 159 Å². The number of hydrogen-bond donors (Lipinski definition) is 1. The molecule has 0 amide bonds. The molecule has 238 valence electrons. The molecule has 0 radical (unpaired) electrons. The summed E-state index contributed by atoms with van der Waals surface area (Å²) in [4.78, 5) is 12.0. The van der Waals surface area contributed by atoms with E-state index < -0.39 is 10.2 Å². The molecule has 0 aliphatic carbocycles. The number of benzene rings is 3. The van der Waals surface area contributed by atoms with Crippen molar-refractivity contribution in [3.8, 4) is 5.75 Å².